The molecule has 0 heterocycles. The van der Waals surface area contributed by atoms with Crippen LogP contribution in [0.5, 0.6) is 0 Å². The van der Waals surface area contributed by atoms with E-state index in [4.69, 9.17) is 5.26 Å². The number of hydrogen-bond donors (Lipinski definition) is 0. The summed E-state index contributed by atoms with van der Waals surface area (Å²) in [7, 11) is 0. The van der Waals surface area contributed by atoms with Gasteiger partial charge in [0.2, 0.25) is 0 Å². The van der Waals surface area contributed by atoms with Gasteiger partial charge in [-0.15, -0.1) is 0 Å². The summed E-state index contributed by atoms with van der Waals surface area (Å²) in [6, 6.07) is 2.27. The Labute approximate surface area is 73.6 Å². The number of carbonyl (C=O) groups is 1. The van der Waals surface area contributed by atoms with Gasteiger partial charge in [-0.25, -0.2) is 0 Å². The first-order valence-corrected chi connectivity index (χ1v) is 4.41. The van der Waals surface area contributed by atoms with Crippen LogP contribution in [0.2, 0.25) is 0 Å². The molecule has 66 valence electrons. The molecule has 0 spiro atoms. The Morgan fingerprint density at radius 2 is 2.17 bits per heavy atom. The first-order chi connectivity index (χ1) is 5.47. The normalized spacial score (nSPS) is 30.3. The van der Waals surface area contributed by atoms with Crippen LogP contribution in [0, 0.1) is 28.6 Å². The van der Waals surface area contributed by atoms with E-state index in [9.17, 15) is 4.79 Å². The van der Waals surface area contributed by atoms with E-state index in [1.54, 1.807) is 0 Å². The molecule has 1 aliphatic rings. The van der Waals surface area contributed by atoms with Crippen LogP contribution >= 0.6 is 0 Å². The highest BCUT2D eigenvalue weighted by atomic mass is 16.1. The lowest BCUT2D eigenvalue weighted by molar-refractivity contribution is -0.120. The SMILES string of the molecule is CC1CC(C(C)(C)C#N)CC1=O. The zero-order valence-electron chi connectivity index (χ0n) is 7.92. The third kappa shape index (κ3) is 1.50. The zero-order chi connectivity index (χ0) is 9.35. The molecule has 0 aromatic heterocycles. The molecule has 0 N–H and O–H groups in total. The van der Waals surface area contributed by atoms with Crippen molar-refractivity contribution in [3.8, 4) is 6.07 Å². The van der Waals surface area contributed by atoms with E-state index in [-0.39, 0.29) is 17.3 Å². The predicted octanol–water partition coefficient (Wildman–Crippen LogP) is 2.15. The van der Waals surface area contributed by atoms with Gasteiger partial charge in [0.05, 0.1) is 11.5 Å². The number of nitrogens with zero attached hydrogens (tertiary/aromatic N) is 1. The number of nitriles is 1. The van der Waals surface area contributed by atoms with E-state index in [1.807, 2.05) is 20.8 Å². The Bertz CT molecular complexity index is 237. The minimum atomic E-state index is -0.333. The van der Waals surface area contributed by atoms with E-state index in [0.717, 1.165) is 6.42 Å². The zero-order valence-corrected chi connectivity index (χ0v) is 7.92. The van der Waals surface area contributed by atoms with Gasteiger partial charge in [-0.2, -0.15) is 5.26 Å². The van der Waals surface area contributed by atoms with Crippen molar-refractivity contribution in [1.82, 2.24) is 0 Å². The maximum atomic E-state index is 11.2. The standard InChI is InChI=1S/C10H15NO/c1-7-4-8(5-9(7)12)10(2,3)6-11/h7-8H,4-5H2,1-3H3. The fourth-order valence-corrected chi connectivity index (χ4v) is 1.73. The van der Waals surface area contributed by atoms with E-state index in [0.29, 0.717) is 12.2 Å². The minimum Gasteiger partial charge on any atom is -0.299 e. The molecule has 2 unspecified atom stereocenters. The van der Waals surface area contributed by atoms with Gasteiger partial charge in [0.1, 0.15) is 5.78 Å². The van der Waals surface area contributed by atoms with Gasteiger partial charge < -0.3 is 0 Å². The van der Waals surface area contributed by atoms with Crippen LogP contribution in [0.15, 0.2) is 0 Å². The maximum Gasteiger partial charge on any atom is 0.136 e. The number of rotatable bonds is 1. The van der Waals surface area contributed by atoms with Crippen LogP contribution in [-0.4, -0.2) is 5.78 Å². The molecule has 0 radical (unpaired) electrons. The second kappa shape index (κ2) is 2.90. The summed E-state index contributed by atoms with van der Waals surface area (Å²) < 4.78 is 0. The molecular formula is C10H15NO. The molecule has 12 heavy (non-hydrogen) atoms. The van der Waals surface area contributed by atoms with Crippen LogP contribution in [0.1, 0.15) is 33.6 Å². The fourth-order valence-electron chi connectivity index (χ4n) is 1.73. The summed E-state index contributed by atoms with van der Waals surface area (Å²) in [4.78, 5) is 11.2. The van der Waals surface area contributed by atoms with Crippen molar-refractivity contribution in [3.05, 3.63) is 0 Å². The molecule has 2 heteroatoms. The molecule has 0 aliphatic heterocycles. The Morgan fingerprint density at radius 3 is 2.50 bits per heavy atom. The maximum absolute atomic E-state index is 11.2. The number of Topliss-reactive ketones (excluding diaryl/α,β-unsaturated/α-hetero) is 1. The summed E-state index contributed by atoms with van der Waals surface area (Å²) in [6.45, 7) is 5.79. The molecule has 1 saturated carbocycles. The highest BCUT2D eigenvalue weighted by molar-refractivity contribution is 5.83. The molecule has 0 aromatic rings. The summed E-state index contributed by atoms with van der Waals surface area (Å²) in [5.41, 5.74) is -0.333. The van der Waals surface area contributed by atoms with Crippen molar-refractivity contribution in [3.63, 3.8) is 0 Å². The first kappa shape index (κ1) is 9.25. The summed E-state index contributed by atoms with van der Waals surface area (Å²) in [6.07, 6.45) is 1.49. The average Bonchev–Trinajstić information content (AvgIpc) is 2.33. The van der Waals surface area contributed by atoms with E-state index in [1.165, 1.54) is 0 Å². The van der Waals surface area contributed by atoms with Gasteiger partial charge in [-0.1, -0.05) is 6.92 Å². The smallest absolute Gasteiger partial charge is 0.136 e. The predicted molar refractivity (Wildman–Crippen MR) is 46.3 cm³/mol. The van der Waals surface area contributed by atoms with Crippen LogP contribution in [-0.2, 0) is 4.79 Å². The van der Waals surface area contributed by atoms with Crippen LogP contribution < -0.4 is 0 Å². The van der Waals surface area contributed by atoms with Gasteiger partial charge in [0.15, 0.2) is 0 Å². The molecule has 0 amide bonds. The highest BCUT2D eigenvalue weighted by Crippen LogP contribution is 2.39. The molecule has 2 atom stereocenters. The van der Waals surface area contributed by atoms with Crippen LogP contribution in [0.25, 0.3) is 0 Å². The van der Waals surface area contributed by atoms with Gasteiger partial charge in [0, 0.05) is 12.3 Å². The fraction of sp³-hybridized carbons (Fsp3) is 0.800. The second-order valence-electron chi connectivity index (χ2n) is 4.34. The minimum absolute atomic E-state index is 0.169. The van der Waals surface area contributed by atoms with Gasteiger partial charge in [-0.05, 0) is 26.2 Å². The summed E-state index contributed by atoms with van der Waals surface area (Å²) >= 11 is 0. The third-order valence-corrected chi connectivity index (χ3v) is 2.94. The van der Waals surface area contributed by atoms with Gasteiger partial charge >= 0.3 is 0 Å². The summed E-state index contributed by atoms with van der Waals surface area (Å²) in [5, 5.41) is 8.87. The second-order valence-corrected chi connectivity index (χ2v) is 4.34. The van der Waals surface area contributed by atoms with E-state index >= 15 is 0 Å². The monoisotopic (exact) mass is 165 g/mol. The molecular weight excluding hydrogens is 150 g/mol. The van der Waals surface area contributed by atoms with Crippen LogP contribution in [0.3, 0.4) is 0 Å². The highest BCUT2D eigenvalue weighted by Gasteiger charge is 2.38. The first-order valence-electron chi connectivity index (χ1n) is 4.41. The number of hydrogen-bond acceptors (Lipinski definition) is 2. The quantitative estimate of drug-likeness (QED) is 0.597. The van der Waals surface area contributed by atoms with Gasteiger partial charge in [-0.3, -0.25) is 4.79 Å². The third-order valence-electron chi connectivity index (χ3n) is 2.94. The Balaban J connectivity index is 2.71. The lowest BCUT2D eigenvalue weighted by Gasteiger charge is -2.22. The number of carbonyl (C=O) groups excluding carboxylic acids is 1. The largest absolute Gasteiger partial charge is 0.299 e. The number of ketones is 1. The van der Waals surface area contributed by atoms with E-state index in [2.05, 4.69) is 6.07 Å². The molecule has 1 fully saturated rings. The van der Waals surface area contributed by atoms with Crippen LogP contribution in [0.4, 0.5) is 0 Å². The lowest BCUT2D eigenvalue weighted by Crippen LogP contribution is -2.19. The average molecular weight is 165 g/mol. The van der Waals surface area contributed by atoms with Crippen molar-refractivity contribution in [1.29, 1.82) is 5.26 Å². The van der Waals surface area contributed by atoms with Crippen molar-refractivity contribution in [2.24, 2.45) is 17.3 Å². The topological polar surface area (TPSA) is 40.9 Å². The Morgan fingerprint density at radius 1 is 1.58 bits per heavy atom. The van der Waals surface area contributed by atoms with Crippen molar-refractivity contribution >= 4 is 5.78 Å². The van der Waals surface area contributed by atoms with Crippen molar-refractivity contribution in [2.75, 3.05) is 0 Å². The lowest BCUT2D eigenvalue weighted by atomic mass is 9.79. The molecule has 2 nitrogen and oxygen atoms in total. The van der Waals surface area contributed by atoms with E-state index < -0.39 is 0 Å². The molecule has 0 saturated heterocycles. The molecule has 1 rings (SSSR count). The van der Waals surface area contributed by atoms with Gasteiger partial charge in [0.25, 0.3) is 0 Å². The summed E-state index contributed by atoms with van der Waals surface area (Å²) in [5.74, 6) is 0.760. The van der Waals surface area contributed by atoms with Crippen molar-refractivity contribution in [2.45, 2.75) is 33.6 Å². The molecule has 0 aromatic carbocycles. The Hall–Kier alpha value is -0.840. The van der Waals surface area contributed by atoms with Crippen molar-refractivity contribution < 1.29 is 4.79 Å². The molecule has 0 bridgehead atoms. The Kier molecular flexibility index (Phi) is 2.23. The molecule has 1 aliphatic carbocycles.